The van der Waals surface area contributed by atoms with Crippen molar-refractivity contribution in [1.82, 2.24) is 5.32 Å². The van der Waals surface area contributed by atoms with Crippen LogP contribution in [0.2, 0.25) is 0 Å². The predicted octanol–water partition coefficient (Wildman–Crippen LogP) is 2.57. The molecule has 1 aromatic carbocycles. The number of carbonyl (C=O) groups excluding carboxylic acids is 1. The number of halogens is 2. The smallest absolute Gasteiger partial charge is 0.220 e. The summed E-state index contributed by atoms with van der Waals surface area (Å²) in [5, 5.41) is 2.91. The molecule has 1 fully saturated rings. The predicted molar refractivity (Wildman–Crippen MR) is 60.5 cm³/mol. The Labute approximate surface area is 99.0 Å². The third-order valence-electron chi connectivity index (χ3n) is 3.46. The van der Waals surface area contributed by atoms with Gasteiger partial charge in [-0.1, -0.05) is 13.0 Å². The molecule has 0 aliphatic carbocycles. The Bertz CT molecular complexity index is 447. The van der Waals surface area contributed by atoms with Crippen LogP contribution in [0.1, 0.15) is 31.7 Å². The van der Waals surface area contributed by atoms with Gasteiger partial charge in [-0.3, -0.25) is 4.79 Å². The first-order valence-electron chi connectivity index (χ1n) is 5.79. The molecule has 2 nitrogen and oxygen atoms in total. The highest BCUT2D eigenvalue weighted by Crippen LogP contribution is 2.28. The second-order valence-electron chi connectivity index (χ2n) is 4.59. The van der Waals surface area contributed by atoms with Gasteiger partial charge in [-0.05, 0) is 30.9 Å². The fraction of sp³-hybridized carbons (Fsp3) is 0.462. The van der Waals surface area contributed by atoms with Crippen molar-refractivity contribution in [3.8, 4) is 0 Å². The van der Waals surface area contributed by atoms with Gasteiger partial charge in [0.1, 0.15) is 11.6 Å². The van der Waals surface area contributed by atoms with Gasteiger partial charge in [-0.15, -0.1) is 0 Å². The molecule has 2 rings (SSSR count). The van der Waals surface area contributed by atoms with E-state index in [9.17, 15) is 13.6 Å². The third-order valence-corrected chi connectivity index (χ3v) is 3.46. The lowest BCUT2D eigenvalue weighted by Crippen LogP contribution is -2.43. The molecule has 0 bridgehead atoms. The molecule has 1 unspecified atom stereocenters. The maximum Gasteiger partial charge on any atom is 0.220 e. The van der Waals surface area contributed by atoms with Crippen molar-refractivity contribution < 1.29 is 13.6 Å². The first-order chi connectivity index (χ1) is 8.04. The van der Waals surface area contributed by atoms with E-state index in [1.165, 1.54) is 12.1 Å². The molecule has 0 aromatic heterocycles. The van der Waals surface area contributed by atoms with E-state index in [0.717, 1.165) is 12.5 Å². The molecule has 1 N–H and O–H groups in total. The average molecular weight is 239 g/mol. The van der Waals surface area contributed by atoms with Crippen LogP contribution in [0.25, 0.3) is 0 Å². The monoisotopic (exact) mass is 239 g/mol. The second-order valence-corrected chi connectivity index (χ2v) is 4.59. The minimum atomic E-state index is -0.577. The van der Waals surface area contributed by atoms with E-state index in [4.69, 9.17) is 0 Å². The molecule has 1 aromatic rings. The molecule has 0 spiro atoms. The van der Waals surface area contributed by atoms with Gasteiger partial charge in [-0.25, -0.2) is 8.78 Å². The number of hydrogen-bond donors (Lipinski definition) is 1. The first kappa shape index (κ1) is 12.0. The molecule has 0 radical (unpaired) electrons. The highest BCUT2D eigenvalue weighted by atomic mass is 19.1. The molecule has 4 heteroatoms. The zero-order valence-corrected chi connectivity index (χ0v) is 9.72. The molecule has 1 atom stereocenters. The molecule has 1 aliphatic heterocycles. The summed E-state index contributed by atoms with van der Waals surface area (Å²) in [6.45, 7) is 1.97. The summed E-state index contributed by atoms with van der Waals surface area (Å²) >= 11 is 0. The zero-order valence-electron chi connectivity index (χ0n) is 9.72. The maximum atomic E-state index is 13.6. The van der Waals surface area contributed by atoms with E-state index in [0.29, 0.717) is 24.8 Å². The van der Waals surface area contributed by atoms with Crippen LogP contribution < -0.4 is 5.32 Å². The van der Waals surface area contributed by atoms with Crippen molar-refractivity contribution in [3.63, 3.8) is 0 Å². The van der Waals surface area contributed by atoms with Gasteiger partial charge < -0.3 is 5.32 Å². The van der Waals surface area contributed by atoms with Crippen LogP contribution >= 0.6 is 0 Å². The lowest BCUT2D eigenvalue weighted by molar-refractivity contribution is -0.119. The van der Waals surface area contributed by atoms with Gasteiger partial charge in [0.2, 0.25) is 5.91 Å². The van der Waals surface area contributed by atoms with Crippen LogP contribution in [0.3, 0.4) is 0 Å². The Kier molecular flexibility index (Phi) is 3.13. The van der Waals surface area contributed by atoms with Crippen LogP contribution in [-0.2, 0) is 11.2 Å². The van der Waals surface area contributed by atoms with Crippen molar-refractivity contribution in [3.05, 3.63) is 35.4 Å². The van der Waals surface area contributed by atoms with Gasteiger partial charge >= 0.3 is 0 Å². The number of benzene rings is 1. The Morgan fingerprint density at radius 2 is 2.18 bits per heavy atom. The van der Waals surface area contributed by atoms with Crippen molar-refractivity contribution in [1.29, 1.82) is 0 Å². The highest BCUT2D eigenvalue weighted by molar-refractivity contribution is 5.79. The molecule has 92 valence electrons. The number of carbonyl (C=O) groups is 1. The van der Waals surface area contributed by atoms with Gasteiger partial charge in [0, 0.05) is 18.0 Å². The lowest BCUT2D eigenvalue weighted by Gasteiger charge is -2.28. The van der Waals surface area contributed by atoms with E-state index in [2.05, 4.69) is 5.32 Å². The molecule has 1 aliphatic rings. The average Bonchev–Trinajstić information content (AvgIpc) is 2.65. The lowest BCUT2D eigenvalue weighted by atomic mass is 9.87. The Hall–Kier alpha value is -1.45. The van der Waals surface area contributed by atoms with E-state index < -0.39 is 11.6 Å². The van der Waals surface area contributed by atoms with Gasteiger partial charge in [0.05, 0.1) is 0 Å². The third kappa shape index (κ3) is 2.46. The maximum absolute atomic E-state index is 13.6. The van der Waals surface area contributed by atoms with Gasteiger partial charge in [-0.2, -0.15) is 0 Å². The van der Waals surface area contributed by atoms with E-state index in [1.807, 2.05) is 6.92 Å². The molecule has 0 saturated carbocycles. The van der Waals surface area contributed by atoms with Crippen LogP contribution in [0.15, 0.2) is 18.2 Å². The van der Waals surface area contributed by atoms with E-state index in [1.54, 1.807) is 0 Å². The summed E-state index contributed by atoms with van der Waals surface area (Å²) in [5.74, 6) is -1.11. The largest absolute Gasteiger partial charge is 0.350 e. The normalized spacial score (nSPS) is 23.8. The standard InChI is InChI=1S/C13H15F2NO/c1-2-13(6-5-12(17)16-13)8-9-3-4-10(14)7-11(9)15/h3-4,7H,2,5-6,8H2,1H3,(H,16,17). The Morgan fingerprint density at radius 3 is 2.71 bits per heavy atom. The van der Waals surface area contributed by atoms with Crippen LogP contribution in [0.5, 0.6) is 0 Å². The molecule has 1 heterocycles. The SMILES string of the molecule is CCC1(Cc2ccc(F)cc2F)CCC(=O)N1. The van der Waals surface area contributed by atoms with Crippen molar-refractivity contribution in [2.24, 2.45) is 0 Å². The van der Waals surface area contributed by atoms with Crippen molar-refractivity contribution in [2.45, 2.75) is 38.1 Å². The summed E-state index contributed by atoms with van der Waals surface area (Å²) in [6.07, 6.45) is 2.35. The summed E-state index contributed by atoms with van der Waals surface area (Å²) in [5.41, 5.74) is 0.0888. The Balaban J connectivity index is 2.21. The summed E-state index contributed by atoms with van der Waals surface area (Å²) in [4.78, 5) is 11.3. The molecular weight excluding hydrogens is 224 g/mol. The summed E-state index contributed by atoms with van der Waals surface area (Å²) < 4.78 is 26.3. The summed E-state index contributed by atoms with van der Waals surface area (Å²) in [7, 11) is 0. The Morgan fingerprint density at radius 1 is 1.41 bits per heavy atom. The number of nitrogens with one attached hydrogen (secondary N) is 1. The number of amides is 1. The fourth-order valence-electron chi connectivity index (χ4n) is 2.33. The van der Waals surface area contributed by atoms with Gasteiger partial charge in [0.25, 0.3) is 0 Å². The molecule has 1 saturated heterocycles. The highest BCUT2D eigenvalue weighted by Gasteiger charge is 2.36. The number of hydrogen-bond acceptors (Lipinski definition) is 1. The van der Waals surface area contributed by atoms with Gasteiger partial charge in [0.15, 0.2) is 0 Å². The minimum Gasteiger partial charge on any atom is -0.350 e. The van der Waals surface area contributed by atoms with Crippen molar-refractivity contribution in [2.75, 3.05) is 0 Å². The molecule has 17 heavy (non-hydrogen) atoms. The number of rotatable bonds is 3. The quantitative estimate of drug-likeness (QED) is 0.863. The zero-order chi connectivity index (χ0) is 12.5. The molecule has 1 amide bonds. The second kappa shape index (κ2) is 4.43. The minimum absolute atomic E-state index is 0.00868. The van der Waals surface area contributed by atoms with Crippen molar-refractivity contribution >= 4 is 5.91 Å². The first-order valence-corrected chi connectivity index (χ1v) is 5.79. The fourth-order valence-corrected chi connectivity index (χ4v) is 2.33. The topological polar surface area (TPSA) is 29.1 Å². The van der Waals surface area contributed by atoms with Crippen LogP contribution in [0.4, 0.5) is 8.78 Å². The van der Waals surface area contributed by atoms with Crippen LogP contribution in [-0.4, -0.2) is 11.4 Å². The summed E-state index contributed by atoms with van der Waals surface area (Å²) in [6, 6.07) is 3.58. The molecular formula is C13H15F2NO. The van der Waals surface area contributed by atoms with Crippen LogP contribution in [0, 0.1) is 11.6 Å². The van der Waals surface area contributed by atoms with E-state index >= 15 is 0 Å². The van der Waals surface area contributed by atoms with E-state index in [-0.39, 0.29) is 11.4 Å².